The Morgan fingerprint density at radius 3 is 2.52 bits per heavy atom. The Kier molecular flexibility index (Phi) is 2.84. The summed E-state index contributed by atoms with van der Waals surface area (Å²) in [4.78, 5) is 23.4. The van der Waals surface area contributed by atoms with Crippen LogP contribution in [0.1, 0.15) is 21.9 Å². The highest BCUT2D eigenvalue weighted by atomic mass is 79.9. The molecule has 23 heavy (non-hydrogen) atoms. The number of carbonyl (C=O) groups excluding carboxylic acids is 1. The van der Waals surface area contributed by atoms with E-state index < -0.39 is 17.8 Å². The molecule has 0 atom stereocenters. The van der Waals surface area contributed by atoms with Gasteiger partial charge in [0, 0.05) is 33.4 Å². The first-order valence-corrected chi connectivity index (χ1v) is 7.23. The van der Waals surface area contributed by atoms with Gasteiger partial charge in [0.05, 0.1) is 11.1 Å². The van der Waals surface area contributed by atoms with Crippen LogP contribution in [0.4, 0.5) is 13.2 Å². The van der Waals surface area contributed by atoms with Crippen LogP contribution in [0, 0.1) is 0 Å². The number of hydrogen-bond donors (Lipinski definition) is 0. The minimum atomic E-state index is -4.70. The second-order valence-electron chi connectivity index (χ2n) is 4.99. The molecule has 0 bridgehead atoms. The van der Waals surface area contributed by atoms with Gasteiger partial charge in [-0.2, -0.15) is 13.2 Å². The summed E-state index contributed by atoms with van der Waals surface area (Å²) in [6, 6.07) is 5.32. The molecule has 0 saturated carbocycles. The third-order valence-corrected chi connectivity index (χ3v) is 4.09. The van der Waals surface area contributed by atoms with Gasteiger partial charge in [0.15, 0.2) is 0 Å². The quantitative estimate of drug-likeness (QED) is 0.463. The Balaban J connectivity index is 2.05. The first kappa shape index (κ1) is 14.3. The molecular weight excluding hydrogens is 375 g/mol. The minimum Gasteiger partial charge on any atom is -0.287 e. The van der Waals surface area contributed by atoms with Gasteiger partial charge in [-0.05, 0) is 18.2 Å². The summed E-state index contributed by atoms with van der Waals surface area (Å²) in [7, 11) is 0. The molecule has 0 radical (unpaired) electrons. The molecule has 0 aliphatic heterocycles. The Morgan fingerprint density at radius 2 is 1.78 bits per heavy atom. The molecule has 1 aliphatic carbocycles. The lowest BCUT2D eigenvalue weighted by Crippen LogP contribution is -2.13. The summed E-state index contributed by atoms with van der Waals surface area (Å²) in [6.07, 6.45) is -2.29. The Labute approximate surface area is 135 Å². The van der Waals surface area contributed by atoms with E-state index in [9.17, 15) is 18.0 Å². The molecule has 4 nitrogen and oxygen atoms in total. The number of hydrogen-bond acceptors (Lipinski definition) is 4. The SMILES string of the molecule is O=C1c2cnc3ccc(Br)cc3c2-c2cnc(C(F)(F)F)nc21. The smallest absolute Gasteiger partial charge is 0.287 e. The number of ketones is 1. The molecule has 114 valence electrons. The molecule has 1 aromatic carbocycles. The molecule has 4 rings (SSSR count). The molecule has 0 unspecified atom stereocenters. The van der Waals surface area contributed by atoms with E-state index in [0.717, 1.165) is 10.7 Å². The standard InChI is InChI=1S/C15H5BrF3N3O/c16-6-1-2-10-7(3-6)11-8-4-21-14(15(17,18)19)22-12(8)13(23)9(11)5-20-10/h1-5H. The van der Waals surface area contributed by atoms with E-state index in [1.54, 1.807) is 18.2 Å². The van der Waals surface area contributed by atoms with Crippen LogP contribution in [-0.2, 0) is 6.18 Å². The van der Waals surface area contributed by atoms with Crippen LogP contribution in [0.15, 0.2) is 35.1 Å². The van der Waals surface area contributed by atoms with Crippen LogP contribution < -0.4 is 0 Å². The van der Waals surface area contributed by atoms with Gasteiger partial charge in [0.2, 0.25) is 11.6 Å². The molecule has 0 N–H and O–H groups in total. The van der Waals surface area contributed by atoms with E-state index in [1.807, 2.05) is 0 Å². The number of pyridine rings is 1. The average Bonchev–Trinajstić information content (AvgIpc) is 2.79. The number of aromatic nitrogens is 3. The summed E-state index contributed by atoms with van der Waals surface area (Å²) in [5.74, 6) is -1.90. The average molecular weight is 380 g/mol. The molecule has 2 heterocycles. The van der Waals surface area contributed by atoms with E-state index in [4.69, 9.17) is 0 Å². The van der Waals surface area contributed by atoms with Gasteiger partial charge in [-0.1, -0.05) is 15.9 Å². The number of nitrogens with zero attached hydrogens (tertiary/aromatic N) is 3. The van der Waals surface area contributed by atoms with Crippen LogP contribution >= 0.6 is 15.9 Å². The Morgan fingerprint density at radius 1 is 1.04 bits per heavy atom. The predicted octanol–water partition coefficient (Wildman–Crippen LogP) is 4.02. The van der Waals surface area contributed by atoms with Gasteiger partial charge in [-0.25, -0.2) is 9.97 Å². The fraction of sp³-hybridized carbons (Fsp3) is 0.0667. The lowest BCUT2D eigenvalue weighted by Gasteiger charge is -2.07. The van der Waals surface area contributed by atoms with E-state index in [0.29, 0.717) is 22.0 Å². The highest BCUT2D eigenvalue weighted by molar-refractivity contribution is 9.10. The first-order valence-electron chi connectivity index (χ1n) is 6.44. The van der Waals surface area contributed by atoms with Crippen molar-refractivity contribution >= 4 is 32.6 Å². The fourth-order valence-corrected chi connectivity index (χ4v) is 2.99. The molecule has 3 aromatic rings. The summed E-state index contributed by atoms with van der Waals surface area (Å²) >= 11 is 3.34. The van der Waals surface area contributed by atoms with Gasteiger partial charge < -0.3 is 0 Å². The topological polar surface area (TPSA) is 55.7 Å². The van der Waals surface area contributed by atoms with Crippen LogP contribution in [0.5, 0.6) is 0 Å². The summed E-state index contributed by atoms with van der Waals surface area (Å²) in [6.45, 7) is 0. The third kappa shape index (κ3) is 2.05. The Hall–Kier alpha value is -2.35. The third-order valence-electron chi connectivity index (χ3n) is 3.60. The molecule has 0 spiro atoms. The predicted molar refractivity (Wildman–Crippen MR) is 78.9 cm³/mol. The van der Waals surface area contributed by atoms with Crippen molar-refractivity contribution in [2.45, 2.75) is 6.18 Å². The van der Waals surface area contributed by atoms with Gasteiger partial charge in [-0.3, -0.25) is 9.78 Å². The first-order chi connectivity index (χ1) is 10.9. The number of benzene rings is 1. The molecule has 1 aliphatic rings. The summed E-state index contributed by atoms with van der Waals surface area (Å²) < 4.78 is 39.1. The van der Waals surface area contributed by atoms with Crippen LogP contribution in [0.3, 0.4) is 0 Å². The van der Waals surface area contributed by atoms with Crippen LogP contribution in [0.2, 0.25) is 0 Å². The van der Waals surface area contributed by atoms with Gasteiger partial charge >= 0.3 is 6.18 Å². The van der Waals surface area contributed by atoms with Crippen molar-refractivity contribution in [1.29, 1.82) is 0 Å². The highest BCUT2D eigenvalue weighted by Gasteiger charge is 2.38. The van der Waals surface area contributed by atoms with Crippen molar-refractivity contribution in [3.8, 4) is 11.1 Å². The second kappa shape index (κ2) is 4.58. The van der Waals surface area contributed by atoms with E-state index in [1.165, 1.54) is 6.20 Å². The number of rotatable bonds is 0. The van der Waals surface area contributed by atoms with Crippen LogP contribution in [-0.4, -0.2) is 20.7 Å². The lowest BCUT2D eigenvalue weighted by atomic mass is 10.0. The van der Waals surface area contributed by atoms with Crippen molar-refractivity contribution in [3.05, 3.63) is 52.1 Å². The maximum Gasteiger partial charge on any atom is 0.451 e. The maximum atomic E-state index is 12.8. The van der Waals surface area contributed by atoms with Crippen molar-refractivity contribution in [3.63, 3.8) is 0 Å². The van der Waals surface area contributed by atoms with E-state index >= 15 is 0 Å². The normalized spacial score (nSPS) is 13.3. The lowest BCUT2D eigenvalue weighted by molar-refractivity contribution is -0.145. The molecular formula is C15H5BrF3N3O. The summed E-state index contributed by atoms with van der Waals surface area (Å²) in [5, 5.41) is 0.660. The van der Waals surface area contributed by atoms with Crippen molar-refractivity contribution in [1.82, 2.24) is 15.0 Å². The van der Waals surface area contributed by atoms with Gasteiger partial charge in [0.1, 0.15) is 5.69 Å². The van der Waals surface area contributed by atoms with Gasteiger partial charge in [-0.15, -0.1) is 0 Å². The maximum absolute atomic E-state index is 12.8. The number of alkyl halides is 3. The fourth-order valence-electron chi connectivity index (χ4n) is 2.63. The zero-order valence-electron chi connectivity index (χ0n) is 11.1. The Bertz CT molecular complexity index is 1000. The highest BCUT2D eigenvalue weighted by Crippen LogP contribution is 2.41. The van der Waals surface area contributed by atoms with Crippen molar-refractivity contribution in [2.24, 2.45) is 0 Å². The zero-order chi connectivity index (χ0) is 16.4. The van der Waals surface area contributed by atoms with Crippen LogP contribution in [0.25, 0.3) is 22.0 Å². The molecule has 0 fully saturated rings. The second-order valence-corrected chi connectivity index (χ2v) is 5.91. The van der Waals surface area contributed by atoms with Crippen molar-refractivity contribution in [2.75, 3.05) is 0 Å². The van der Waals surface area contributed by atoms with Crippen molar-refractivity contribution < 1.29 is 18.0 Å². The number of fused-ring (bicyclic) bond motifs is 5. The number of carbonyl (C=O) groups is 1. The molecule has 0 saturated heterocycles. The minimum absolute atomic E-state index is 0.235. The number of halogens is 4. The monoisotopic (exact) mass is 379 g/mol. The zero-order valence-corrected chi connectivity index (χ0v) is 12.7. The van der Waals surface area contributed by atoms with E-state index in [2.05, 4.69) is 30.9 Å². The van der Waals surface area contributed by atoms with Gasteiger partial charge in [0.25, 0.3) is 0 Å². The molecule has 8 heteroatoms. The largest absolute Gasteiger partial charge is 0.451 e. The summed E-state index contributed by atoms with van der Waals surface area (Å²) in [5.41, 5.74) is 1.44. The molecule has 0 amide bonds. The molecule has 2 aromatic heterocycles. The van der Waals surface area contributed by atoms with E-state index in [-0.39, 0.29) is 11.3 Å².